The number of carbonyl (C=O) groups excluding carboxylic acids is 2. The van der Waals surface area contributed by atoms with Gasteiger partial charge in [-0.15, -0.1) is 0 Å². The highest BCUT2D eigenvalue weighted by Gasteiger charge is 2.29. The lowest BCUT2D eigenvalue weighted by molar-refractivity contribution is -0.137. The van der Waals surface area contributed by atoms with Crippen molar-refractivity contribution in [3.05, 3.63) is 71.3 Å². The van der Waals surface area contributed by atoms with E-state index in [1.165, 1.54) is 24.3 Å². The van der Waals surface area contributed by atoms with Crippen LogP contribution in [-0.4, -0.2) is 54.9 Å². The lowest BCUT2D eigenvalue weighted by Gasteiger charge is -2.21. The molecule has 0 aliphatic carbocycles. The van der Waals surface area contributed by atoms with Crippen molar-refractivity contribution in [3.8, 4) is 5.75 Å². The maximum absolute atomic E-state index is 12.7. The highest BCUT2D eigenvalue weighted by Crippen LogP contribution is 2.29. The van der Waals surface area contributed by atoms with Gasteiger partial charge in [0.1, 0.15) is 5.75 Å². The molecule has 1 heterocycles. The average molecular weight is 460 g/mol. The van der Waals surface area contributed by atoms with E-state index < -0.39 is 11.7 Å². The Bertz CT molecular complexity index is 970. The molecular formula is C25H27F3N2O3. The van der Waals surface area contributed by atoms with E-state index in [4.69, 9.17) is 4.74 Å². The van der Waals surface area contributed by atoms with Crippen LogP contribution in [0.3, 0.4) is 0 Å². The van der Waals surface area contributed by atoms with E-state index in [1.54, 1.807) is 16.9 Å². The molecule has 0 saturated carbocycles. The smallest absolute Gasteiger partial charge is 0.416 e. The van der Waals surface area contributed by atoms with Crippen LogP contribution in [0, 0.1) is 0 Å². The molecule has 176 valence electrons. The number of halogens is 3. The Labute approximate surface area is 191 Å². The van der Waals surface area contributed by atoms with Gasteiger partial charge in [-0.05, 0) is 54.3 Å². The number of hydrogen-bond donors (Lipinski definition) is 0. The molecular weight excluding hydrogens is 433 g/mol. The number of hydrogen-bond acceptors (Lipinski definition) is 3. The zero-order valence-corrected chi connectivity index (χ0v) is 18.5. The van der Waals surface area contributed by atoms with Crippen LogP contribution in [0.15, 0.2) is 54.6 Å². The van der Waals surface area contributed by atoms with Crippen molar-refractivity contribution < 1.29 is 27.5 Å². The van der Waals surface area contributed by atoms with E-state index in [1.807, 2.05) is 24.3 Å². The van der Waals surface area contributed by atoms with Crippen LogP contribution < -0.4 is 4.74 Å². The fraction of sp³-hybridized carbons (Fsp3) is 0.360. The first kappa shape index (κ1) is 24.4. The van der Waals surface area contributed by atoms with Crippen molar-refractivity contribution in [1.29, 1.82) is 0 Å². The van der Waals surface area contributed by atoms with E-state index in [-0.39, 0.29) is 11.8 Å². The molecule has 1 saturated heterocycles. The summed E-state index contributed by atoms with van der Waals surface area (Å²) in [6.45, 7) is 2.00. The minimum absolute atomic E-state index is 0.0559. The van der Waals surface area contributed by atoms with Gasteiger partial charge in [0.15, 0.2) is 0 Å². The Morgan fingerprint density at radius 3 is 2.21 bits per heavy atom. The van der Waals surface area contributed by atoms with Crippen molar-refractivity contribution in [2.75, 3.05) is 33.3 Å². The number of rotatable bonds is 6. The van der Waals surface area contributed by atoms with Crippen molar-refractivity contribution in [3.63, 3.8) is 0 Å². The molecule has 0 radical (unpaired) electrons. The maximum Gasteiger partial charge on any atom is 0.416 e. The molecule has 0 bridgehead atoms. The Morgan fingerprint density at radius 1 is 0.939 bits per heavy atom. The number of nitrogens with zero attached hydrogens (tertiary/aromatic N) is 2. The standard InChI is InChI=1S/C25H27F3N2O3/c1-33-22-11-5-20(6-12-22)8-14-24(32)30-16-2-15-29(17-18-30)23(31)13-7-19-3-9-21(10-4-19)25(26,27)28/h3-7,9-13H,2,8,14-18H2,1H3. The van der Waals surface area contributed by atoms with Crippen LogP contribution in [0.1, 0.15) is 29.5 Å². The molecule has 5 nitrogen and oxygen atoms in total. The van der Waals surface area contributed by atoms with Gasteiger partial charge >= 0.3 is 6.18 Å². The molecule has 0 aromatic heterocycles. The Hall–Kier alpha value is -3.29. The molecule has 0 atom stereocenters. The van der Waals surface area contributed by atoms with E-state index in [0.717, 1.165) is 23.4 Å². The number of ether oxygens (including phenoxy) is 1. The summed E-state index contributed by atoms with van der Waals surface area (Å²) in [4.78, 5) is 28.6. The van der Waals surface area contributed by atoms with E-state index in [0.29, 0.717) is 51.0 Å². The zero-order valence-electron chi connectivity index (χ0n) is 18.5. The molecule has 1 aliphatic rings. The zero-order chi connectivity index (χ0) is 23.8. The number of carbonyl (C=O) groups is 2. The van der Waals surface area contributed by atoms with Gasteiger partial charge in [0, 0.05) is 38.7 Å². The number of aryl methyl sites for hydroxylation is 1. The van der Waals surface area contributed by atoms with Crippen LogP contribution in [0.5, 0.6) is 5.75 Å². The third kappa shape index (κ3) is 7.10. The van der Waals surface area contributed by atoms with Gasteiger partial charge in [-0.2, -0.15) is 13.2 Å². The first-order valence-electron chi connectivity index (χ1n) is 10.8. The summed E-state index contributed by atoms with van der Waals surface area (Å²) in [5.41, 5.74) is 0.848. The van der Waals surface area contributed by atoms with Gasteiger partial charge in [-0.3, -0.25) is 9.59 Å². The second-order valence-electron chi connectivity index (χ2n) is 7.86. The average Bonchev–Trinajstić information content (AvgIpc) is 3.07. The summed E-state index contributed by atoms with van der Waals surface area (Å²) < 4.78 is 43.1. The normalized spacial score (nSPS) is 14.9. The molecule has 3 rings (SSSR count). The third-order valence-corrected chi connectivity index (χ3v) is 5.60. The lowest BCUT2D eigenvalue weighted by Crippen LogP contribution is -2.36. The number of benzene rings is 2. The van der Waals surface area contributed by atoms with Crippen LogP contribution >= 0.6 is 0 Å². The SMILES string of the molecule is COc1ccc(CCC(=O)N2CCCN(C(=O)C=Cc3ccc(C(F)(F)F)cc3)CC2)cc1. The quantitative estimate of drug-likeness (QED) is 0.600. The summed E-state index contributed by atoms with van der Waals surface area (Å²) in [5.74, 6) is 0.609. The highest BCUT2D eigenvalue weighted by molar-refractivity contribution is 5.91. The molecule has 0 N–H and O–H groups in total. The van der Waals surface area contributed by atoms with Crippen molar-refractivity contribution >= 4 is 17.9 Å². The van der Waals surface area contributed by atoms with Gasteiger partial charge in [0.05, 0.1) is 12.7 Å². The molecule has 1 aliphatic heterocycles. The maximum atomic E-state index is 12.7. The number of methoxy groups -OCH3 is 1. The van der Waals surface area contributed by atoms with Gasteiger partial charge in [-0.1, -0.05) is 24.3 Å². The second kappa shape index (κ2) is 11.0. The fourth-order valence-corrected chi connectivity index (χ4v) is 3.64. The summed E-state index contributed by atoms with van der Waals surface area (Å²) in [7, 11) is 1.61. The number of alkyl halides is 3. The van der Waals surface area contributed by atoms with Gasteiger partial charge in [0.25, 0.3) is 0 Å². The monoisotopic (exact) mass is 460 g/mol. The van der Waals surface area contributed by atoms with Crippen LogP contribution in [-0.2, 0) is 22.2 Å². The van der Waals surface area contributed by atoms with Gasteiger partial charge < -0.3 is 14.5 Å². The first-order chi connectivity index (χ1) is 15.8. The summed E-state index contributed by atoms with van der Waals surface area (Å²) in [6, 6.07) is 12.3. The molecule has 1 fully saturated rings. The van der Waals surface area contributed by atoms with Gasteiger partial charge in [-0.25, -0.2) is 0 Å². The van der Waals surface area contributed by atoms with E-state index >= 15 is 0 Å². The molecule has 0 spiro atoms. The molecule has 2 amide bonds. The van der Waals surface area contributed by atoms with Crippen LogP contribution in [0.2, 0.25) is 0 Å². The molecule has 8 heteroatoms. The van der Waals surface area contributed by atoms with Crippen molar-refractivity contribution in [1.82, 2.24) is 9.80 Å². The van der Waals surface area contributed by atoms with Crippen LogP contribution in [0.25, 0.3) is 6.08 Å². The predicted octanol–water partition coefficient (Wildman–Crippen LogP) is 4.42. The summed E-state index contributed by atoms with van der Waals surface area (Å²) in [6.07, 6.45) is 0.192. The topological polar surface area (TPSA) is 49.9 Å². The van der Waals surface area contributed by atoms with Crippen molar-refractivity contribution in [2.45, 2.75) is 25.4 Å². The number of amides is 2. The summed E-state index contributed by atoms with van der Waals surface area (Å²) >= 11 is 0. The Morgan fingerprint density at radius 2 is 1.58 bits per heavy atom. The molecule has 0 unspecified atom stereocenters. The fourth-order valence-electron chi connectivity index (χ4n) is 3.64. The third-order valence-electron chi connectivity index (χ3n) is 5.60. The first-order valence-corrected chi connectivity index (χ1v) is 10.8. The molecule has 33 heavy (non-hydrogen) atoms. The lowest BCUT2D eigenvalue weighted by atomic mass is 10.1. The molecule has 2 aromatic rings. The van der Waals surface area contributed by atoms with Crippen LogP contribution in [0.4, 0.5) is 13.2 Å². The highest BCUT2D eigenvalue weighted by atomic mass is 19.4. The van der Waals surface area contributed by atoms with E-state index in [9.17, 15) is 22.8 Å². The molecule has 2 aromatic carbocycles. The van der Waals surface area contributed by atoms with Gasteiger partial charge in [0.2, 0.25) is 11.8 Å². The Kier molecular flexibility index (Phi) is 8.14. The Balaban J connectivity index is 1.48. The predicted molar refractivity (Wildman–Crippen MR) is 120 cm³/mol. The van der Waals surface area contributed by atoms with E-state index in [2.05, 4.69) is 0 Å². The second-order valence-corrected chi connectivity index (χ2v) is 7.86. The minimum Gasteiger partial charge on any atom is -0.497 e. The minimum atomic E-state index is -4.39. The van der Waals surface area contributed by atoms with Crippen molar-refractivity contribution in [2.24, 2.45) is 0 Å². The largest absolute Gasteiger partial charge is 0.497 e. The summed E-state index contributed by atoms with van der Waals surface area (Å²) in [5, 5.41) is 0.